The molecule has 2 nitrogen and oxygen atoms in total. The molecule has 1 fully saturated rings. The van der Waals surface area contributed by atoms with E-state index < -0.39 is 0 Å². The zero-order valence-corrected chi connectivity index (χ0v) is 13.4. The lowest BCUT2D eigenvalue weighted by molar-refractivity contribution is 0.301. The highest BCUT2D eigenvalue weighted by molar-refractivity contribution is 5.37. The second-order valence-corrected chi connectivity index (χ2v) is 6.23. The third kappa shape index (κ3) is 3.35. The van der Waals surface area contributed by atoms with Crippen LogP contribution in [0.4, 0.5) is 0 Å². The topological polar surface area (TPSA) is 21.3 Å². The van der Waals surface area contributed by atoms with E-state index in [9.17, 15) is 0 Å². The molecular weight excluding hydrogens is 246 g/mol. The van der Waals surface area contributed by atoms with Crippen molar-refractivity contribution in [3.05, 3.63) is 29.3 Å². The minimum absolute atomic E-state index is 0.498. The van der Waals surface area contributed by atoms with Gasteiger partial charge in [0.15, 0.2) is 0 Å². The minimum Gasteiger partial charge on any atom is -0.497 e. The SMILES string of the molecule is CCCNC(c1ccc(OC)cc1C)C1CCCC1C. The predicted octanol–water partition coefficient (Wildman–Crippen LogP) is 4.48. The summed E-state index contributed by atoms with van der Waals surface area (Å²) in [7, 11) is 1.74. The van der Waals surface area contributed by atoms with Crippen molar-refractivity contribution in [2.24, 2.45) is 11.8 Å². The van der Waals surface area contributed by atoms with E-state index in [0.717, 1.165) is 24.1 Å². The summed E-state index contributed by atoms with van der Waals surface area (Å²) in [5.74, 6) is 2.56. The van der Waals surface area contributed by atoms with E-state index in [4.69, 9.17) is 4.74 Å². The fourth-order valence-corrected chi connectivity index (χ4v) is 3.59. The van der Waals surface area contributed by atoms with Gasteiger partial charge in [0.25, 0.3) is 0 Å². The molecular formula is C18H29NO. The van der Waals surface area contributed by atoms with Gasteiger partial charge in [-0.05, 0) is 61.4 Å². The van der Waals surface area contributed by atoms with E-state index in [2.05, 4.69) is 44.3 Å². The summed E-state index contributed by atoms with van der Waals surface area (Å²) in [4.78, 5) is 0. The quantitative estimate of drug-likeness (QED) is 0.826. The van der Waals surface area contributed by atoms with Crippen molar-refractivity contribution >= 4 is 0 Å². The predicted molar refractivity (Wildman–Crippen MR) is 85.3 cm³/mol. The van der Waals surface area contributed by atoms with E-state index in [0.29, 0.717) is 6.04 Å². The summed E-state index contributed by atoms with van der Waals surface area (Å²) in [6.07, 6.45) is 5.30. The van der Waals surface area contributed by atoms with Crippen LogP contribution in [0.3, 0.4) is 0 Å². The molecule has 3 unspecified atom stereocenters. The summed E-state index contributed by atoms with van der Waals surface area (Å²) < 4.78 is 5.34. The van der Waals surface area contributed by atoms with Gasteiger partial charge in [-0.25, -0.2) is 0 Å². The van der Waals surface area contributed by atoms with Gasteiger partial charge in [0.2, 0.25) is 0 Å². The Morgan fingerprint density at radius 1 is 1.35 bits per heavy atom. The smallest absolute Gasteiger partial charge is 0.119 e. The van der Waals surface area contributed by atoms with Crippen molar-refractivity contribution in [2.75, 3.05) is 13.7 Å². The standard InChI is InChI=1S/C18H29NO/c1-5-11-19-18(16-8-6-7-13(16)2)17-10-9-15(20-4)12-14(17)3/h9-10,12-13,16,18-19H,5-8,11H2,1-4H3. The molecule has 3 atom stereocenters. The van der Waals surface area contributed by atoms with Crippen molar-refractivity contribution < 1.29 is 4.74 Å². The van der Waals surface area contributed by atoms with Crippen LogP contribution in [-0.4, -0.2) is 13.7 Å². The molecule has 0 spiro atoms. The largest absolute Gasteiger partial charge is 0.497 e. The average molecular weight is 275 g/mol. The number of ether oxygens (including phenoxy) is 1. The molecule has 1 aliphatic rings. The van der Waals surface area contributed by atoms with Crippen LogP contribution >= 0.6 is 0 Å². The average Bonchev–Trinajstić information content (AvgIpc) is 2.87. The fourth-order valence-electron chi connectivity index (χ4n) is 3.59. The molecule has 0 bridgehead atoms. The van der Waals surface area contributed by atoms with Crippen LogP contribution in [0.25, 0.3) is 0 Å². The molecule has 112 valence electrons. The third-order valence-electron chi connectivity index (χ3n) is 4.78. The Kier molecular flexibility index (Phi) is 5.47. The Balaban J connectivity index is 2.25. The molecule has 2 heteroatoms. The van der Waals surface area contributed by atoms with Crippen LogP contribution in [0, 0.1) is 18.8 Å². The van der Waals surface area contributed by atoms with Crippen molar-refractivity contribution in [1.82, 2.24) is 5.32 Å². The molecule has 1 N–H and O–H groups in total. The Hall–Kier alpha value is -1.02. The summed E-state index contributed by atoms with van der Waals surface area (Å²) >= 11 is 0. The third-order valence-corrected chi connectivity index (χ3v) is 4.78. The van der Waals surface area contributed by atoms with E-state index in [1.807, 2.05) is 0 Å². The molecule has 1 aromatic rings. The lowest BCUT2D eigenvalue weighted by Crippen LogP contribution is -2.31. The Morgan fingerprint density at radius 3 is 2.70 bits per heavy atom. The molecule has 0 heterocycles. The van der Waals surface area contributed by atoms with Gasteiger partial charge in [-0.1, -0.05) is 32.8 Å². The number of methoxy groups -OCH3 is 1. The Bertz CT molecular complexity index is 429. The summed E-state index contributed by atoms with van der Waals surface area (Å²) in [5.41, 5.74) is 2.80. The van der Waals surface area contributed by atoms with Crippen LogP contribution in [0.15, 0.2) is 18.2 Å². The first-order valence-corrected chi connectivity index (χ1v) is 8.05. The first kappa shape index (κ1) is 15.4. The van der Waals surface area contributed by atoms with Gasteiger partial charge in [-0.15, -0.1) is 0 Å². The number of hydrogen-bond acceptors (Lipinski definition) is 2. The number of rotatable bonds is 6. The lowest BCUT2D eigenvalue weighted by Gasteiger charge is -2.30. The summed E-state index contributed by atoms with van der Waals surface area (Å²) in [5, 5.41) is 3.80. The monoisotopic (exact) mass is 275 g/mol. The van der Waals surface area contributed by atoms with Crippen molar-refractivity contribution in [3.8, 4) is 5.75 Å². The molecule has 1 aromatic carbocycles. The molecule has 0 radical (unpaired) electrons. The maximum Gasteiger partial charge on any atom is 0.119 e. The Labute approximate surface area is 123 Å². The van der Waals surface area contributed by atoms with E-state index >= 15 is 0 Å². The van der Waals surface area contributed by atoms with E-state index in [-0.39, 0.29) is 0 Å². The summed E-state index contributed by atoms with van der Waals surface area (Å²) in [6.45, 7) is 7.96. The zero-order valence-electron chi connectivity index (χ0n) is 13.4. The second kappa shape index (κ2) is 7.12. The van der Waals surface area contributed by atoms with Crippen LogP contribution in [-0.2, 0) is 0 Å². The van der Waals surface area contributed by atoms with Crippen LogP contribution in [0.5, 0.6) is 5.75 Å². The van der Waals surface area contributed by atoms with Gasteiger partial charge in [0.05, 0.1) is 7.11 Å². The maximum atomic E-state index is 5.34. The number of hydrogen-bond donors (Lipinski definition) is 1. The second-order valence-electron chi connectivity index (χ2n) is 6.23. The zero-order chi connectivity index (χ0) is 14.5. The molecule has 20 heavy (non-hydrogen) atoms. The molecule has 2 rings (SSSR count). The normalized spacial score (nSPS) is 23.8. The fraction of sp³-hybridized carbons (Fsp3) is 0.667. The van der Waals surface area contributed by atoms with Crippen LogP contribution in [0.1, 0.15) is 56.7 Å². The molecule has 0 aromatic heterocycles. The lowest BCUT2D eigenvalue weighted by atomic mass is 9.84. The van der Waals surface area contributed by atoms with Gasteiger partial charge in [0.1, 0.15) is 5.75 Å². The highest BCUT2D eigenvalue weighted by Crippen LogP contribution is 2.41. The van der Waals surface area contributed by atoms with E-state index in [1.54, 1.807) is 7.11 Å². The summed E-state index contributed by atoms with van der Waals surface area (Å²) in [6, 6.07) is 7.02. The minimum atomic E-state index is 0.498. The van der Waals surface area contributed by atoms with Gasteiger partial charge in [-0.3, -0.25) is 0 Å². The van der Waals surface area contributed by atoms with Crippen molar-refractivity contribution in [3.63, 3.8) is 0 Å². The highest BCUT2D eigenvalue weighted by Gasteiger charge is 2.32. The molecule has 0 amide bonds. The number of aryl methyl sites for hydroxylation is 1. The highest BCUT2D eigenvalue weighted by atomic mass is 16.5. The van der Waals surface area contributed by atoms with Gasteiger partial charge in [0, 0.05) is 6.04 Å². The van der Waals surface area contributed by atoms with Crippen molar-refractivity contribution in [1.29, 1.82) is 0 Å². The first-order chi connectivity index (χ1) is 9.67. The molecule has 0 aliphatic heterocycles. The van der Waals surface area contributed by atoms with Crippen LogP contribution < -0.4 is 10.1 Å². The molecule has 1 saturated carbocycles. The van der Waals surface area contributed by atoms with E-state index in [1.165, 1.54) is 36.8 Å². The van der Waals surface area contributed by atoms with Gasteiger partial charge in [-0.2, -0.15) is 0 Å². The molecule has 1 aliphatic carbocycles. The van der Waals surface area contributed by atoms with Crippen LogP contribution in [0.2, 0.25) is 0 Å². The molecule has 0 saturated heterocycles. The van der Waals surface area contributed by atoms with Gasteiger partial charge >= 0.3 is 0 Å². The van der Waals surface area contributed by atoms with Gasteiger partial charge < -0.3 is 10.1 Å². The first-order valence-electron chi connectivity index (χ1n) is 8.05. The Morgan fingerprint density at radius 2 is 2.15 bits per heavy atom. The number of nitrogens with one attached hydrogen (secondary N) is 1. The maximum absolute atomic E-state index is 5.34. The van der Waals surface area contributed by atoms with Crippen molar-refractivity contribution in [2.45, 2.75) is 52.5 Å². The number of benzene rings is 1.